The maximum atomic E-state index is 5.90. The summed E-state index contributed by atoms with van der Waals surface area (Å²) in [6, 6.07) is 18.3. The van der Waals surface area contributed by atoms with E-state index in [9.17, 15) is 0 Å². The number of ether oxygens (including phenoxy) is 1. The Morgan fingerprint density at radius 1 is 1.12 bits per heavy atom. The molecule has 81 valence electrons. The van der Waals surface area contributed by atoms with E-state index in [4.69, 9.17) is 16.3 Å². The van der Waals surface area contributed by atoms with Gasteiger partial charge in [0.05, 0.1) is 6.61 Å². The highest BCUT2D eigenvalue weighted by Gasteiger charge is 1.95. The molecule has 1 nitrogen and oxygen atoms in total. The van der Waals surface area contributed by atoms with Crippen LogP contribution in [0.3, 0.4) is 0 Å². The van der Waals surface area contributed by atoms with Gasteiger partial charge in [-0.15, -0.1) is 0 Å². The Morgan fingerprint density at radius 3 is 2.69 bits per heavy atom. The van der Waals surface area contributed by atoms with Gasteiger partial charge in [0, 0.05) is 11.4 Å². The molecular formula is C14H12ClO. The van der Waals surface area contributed by atoms with E-state index in [0.717, 1.165) is 17.2 Å². The summed E-state index contributed by atoms with van der Waals surface area (Å²) in [6.45, 7) is 0.657. The zero-order valence-electron chi connectivity index (χ0n) is 8.82. The first-order valence-electron chi connectivity index (χ1n) is 5.18. The summed E-state index contributed by atoms with van der Waals surface area (Å²) in [5.74, 6) is 0.876. The van der Waals surface area contributed by atoms with Crippen molar-refractivity contribution in [3.63, 3.8) is 0 Å². The lowest BCUT2D eigenvalue weighted by Gasteiger charge is -2.05. The first kappa shape index (κ1) is 11.0. The predicted molar refractivity (Wildman–Crippen MR) is 65.9 cm³/mol. The topological polar surface area (TPSA) is 9.23 Å². The third-order valence-electron chi connectivity index (χ3n) is 2.24. The summed E-state index contributed by atoms with van der Waals surface area (Å²) in [5.41, 5.74) is 1.19. The van der Waals surface area contributed by atoms with Crippen molar-refractivity contribution in [3.8, 4) is 5.75 Å². The molecule has 16 heavy (non-hydrogen) atoms. The number of halogens is 1. The molecule has 2 aromatic carbocycles. The molecule has 0 unspecified atom stereocenters. The summed E-state index contributed by atoms with van der Waals surface area (Å²) >= 11 is 5.90. The average Bonchev–Trinajstić information content (AvgIpc) is 2.30. The lowest BCUT2D eigenvalue weighted by molar-refractivity contribution is 0.322. The van der Waals surface area contributed by atoms with Crippen molar-refractivity contribution in [1.29, 1.82) is 0 Å². The molecule has 0 amide bonds. The number of rotatable bonds is 4. The molecule has 0 saturated heterocycles. The van der Waals surface area contributed by atoms with Gasteiger partial charge in [0.2, 0.25) is 0 Å². The first-order valence-corrected chi connectivity index (χ1v) is 5.56. The van der Waals surface area contributed by atoms with Crippen molar-refractivity contribution in [3.05, 3.63) is 65.2 Å². The van der Waals surface area contributed by atoms with E-state index in [-0.39, 0.29) is 0 Å². The maximum absolute atomic E-state index is 5.90. The minimum absolute atomic E-state index is 0.657. The summed E-state index contributed by atoms with van der Waals surface area (Å²) in [7, 11) is 0. The Kier molecular flexibility index (Phi) is 3.84. The second kappa shape index (κ2) is 5.57. The molecule has 0 aromatic heterocycles. The van der Waals surface area contributed by atoms with Crippen LogP contribution >= 0.6 is 11.6 Å². The van der Waals surface area contributed by atoms with E-state index in [1.54, 1.807) is 0 Å². The standard InChI is InChI=1S/C14H12ClO/c15-13-6-4-5-12(11-13)9-10-16-14-7-2-1-3-8-14/h2-8,11H,9-10H2. The predicted octanol–water partition coefficient (Wildman–Crippen LogP) is 3.76. The van der Waals surface area contributed by atoms with E-state index >= 15 is 0 Å². The monoisotopic (exact) mass is 231 g/mol. The van der Waals surface area contributed by atoms with Crippen LogP contribution in [0.2, 0.25) is 5.02 Å². The molecule has 0 saturated carbocycles. The SMILES string of the molecule is Clc1cccc(CCOc2cc[c]cc2)c1. The van der Waals surface area contributed by atoms with Gasteiger partial charge in [-0.3, -0.25) is 0 Å². The van der Waals surface area contributed by atoms with Gasteiger partial charge in [0.15, 0.2) is 0 Å². The van der Waals surface area contributed by atoms with Crippen molar-refractivity contribution in [1.82, 2.24) is 0 Å². The minimum Gasteiger partial charge on any atom is -0.493 e. The second-order valence-corrected chi connectivity index (χ2v) is 3.90. The van der Waals surface area contributed by atoms with Crippen molar-refractivity contribution in [2.24, 2.45) is 0 Å². The van der Waals surface area contributed by atoms with Crippen LogP contribution in [-0.4, -0.2) is 6.61 Å². The highest BCUT2D eigenvalue weighted by molar-refractivity contribution is 6.30. The van der Waals surface area contributed by atoms with Gasteiger partial charge < -0.3 is 4.74 Å². The molecule has 0 heterocycles. The number of benzene rings is 2. The Balaban J connectivity index is 1.85. The lowest BCUT2D eigenvalue weighted by atomic mass is 10.2. The zero-order valence-corrected chi connectivity index (χ0v) is 9.58. The molecule has 2 heteroatoms. The van der Waals surface area contributed by atoms with Crippen LogP contribution in [0.25, 0.3) is 0 Å². The third kappa shape index (κ3) is 3.28. The summed E-state index contributed by atoms with van der Waals surface area (Å²) in [4.78, 5) is 0. The normalized spacial score (nSPS) is 10.1. The summed E-state index contributed by atoms with van der Waals surface area (Å²) in [6.07, 6.45) is 0.860. The van der Waals surface area contributed by atoms with Gasteiger partial charge in [-0.25, -0.2) is 0 Å². The highest BCUT2D eigenvalue weighted by atomic mass is 35.5. The zero-order chi connectivity index (χ0) is 11.2. The van der Waals surface area contributed by atoms with Gasteiger partial charge in [0.25, 0.3) is 0 Å². The summed E-state index contributed by atoms with van der Waals surface area (Å²) < 4.78 is 5.59. The molecule has 0 aliphatic heterocycles. The largest absolute Gasteiger partial charge is 0.493 e. The van der Waals surface area contributed by atoms with Gasteiger partial charge >= 0.3 is 0 Å². The molecule has 0 spiro atoms. The maximum Gasteiger partial charge on any atom is 0.119 e. The average molecular weight is 232 g/mol. The molecule has 0 aliphatic rings. The second-order valence-electron chi connectivity index (χ2n) is 3.46. The third-order valence-corrected chi connectivity index (χ3v) is 2.47. The van der Waals surface area contributed by atoms with Gasteiger partial charge in [-0.2, -0.15) is 0 Å². The summed E-state index contributed by atoms with van der Waals surface area (Å²) in [5, 5.41) is 0.770. The minimum atomic E-state index is 0.657. The molecule has 0 fully saturated rings. The fourth-order valence-electron chi connectivity index (χ4n) is 1.45. The lowest BCUT2D eigenvalue weighted by Crippen LogP contribution is -2.00. The van der Waals surface area contributed by atoms with Crippen molar-refractivity contribution < 1.29 is 4.74 Å². The molecule has 2 rings (SSSR count). The Labute approximate surface area is 101 Å². The molecule has 0 atom stereocenters. The highest BCUT2D eigenvalue weighted by Crippen LogP contribution is 2.12. The van der Waals surface area contributed by atoms with Crippen molar-refractivity contribution in [2.45, 2.75) is 6.42 Å². The molecular weight excluding hydrogens is 220 g/mol. The van der Waals surface area contributed by atoms with Crippen LogP contribution in [0.15, 0.2) is 48.5 Å². The van der Waals surface area contributed by atoms with E-state index in [0.29, 0.717) is 6.61 Å². The Hall–Kier alpha value is -1.47. The Bertz CT molecular complexity index is 439. The van der Waals surface area contributed by atoms with Gasteiger partial charge in [-0.1, -0.05) is 35.9 Å². The quantitative estimate of drug-likeness (QED) is 0.779. The van der Waals surface area contributed by atoms with Crippen LogP contribution in [0.4, 0.5) is 0 Å². The molecule has 0 N–H and O–H groups in total. The van der Waals surface area contributed by atoms with Crippen LogP contribution in [0, 0.1) is 6.07 Å². The molecule has 0 aliphatic carbocycles. The molecule has 0 bridgehead atoms. The van der Waals surface area contributed by atoms with Crippen molar-refractivity contribution >= 4 is 11.6 Å². The molecule has 2 aromatic rings. The van der Waals surface area contributed by atoms with Gasteiger partial charge in [-0.05, 0) is 35.9 Å². The van der Waals surface area contributed by atoms with E-state index in [2.05, 4.69) is 6.07 Å². The fraction of sp³-hybridized carbons (Fsp3) is 0.143. The fourth-order valence-corrected chi connectivity index (χ4v) is 1.66. The van der Waals surface area contributed by atoms with E-state index < -0.39 is 0 Å². The van der Waals surface area contributed by atoms with E-state index in [1.807, 2.05) is 48.5 Å². The first-order chi connectivity index (χ1) is 7.84. The van der Waals surface area contributed by atoms with Crippen molar-refractivity contribution in [2.75, 3.05) is 6.61 Å². The van der Waals surface area contributed by atoms with E-state index in [1.165, 1.54) is 5.56 Å². The van der Waals surface area contributed by atoms with Gasteiger partial charge in [0.1, 0.15) is 5.75 Å². The molecule has 1 radical (unpaired) electrons. The number of hydrogen-bond donors (Lipinski definition) is 0. The van der Waals surface area contributed by atoms with Crippen LogP contribution in [0.1, 0.15) is 5.56 Å². The van der Waals surface area contributed by atoms with Crippen LogP contribution in [0.5, 0.6) is 5.75 Å². The number of hydrogen-bond acceptors (Lipinski definition) is 1. The van der Waals surface area contributed by atoms with Crippen LogP contribution < -0.4 is 4.74 Å². The smallest absolute Gasteiger partial charge is 0.119 e. The Morgan fingerprint density at radius 2 is 1.94 bits per heavy atom. The van der Waals surface area contributed by atoms with Crippen LogP contribution in [-0.2, 0) is 6.42 Å².